The van der Waals surface area contributed by atoms with Gasteiger partial charge in [0.1, 0.15) is 5.75 Å². The number of hydrogen-bond acceptors (Lipinski definition) is 4. The lowest BCUT2D eigenvalue weighted by atomic mass is 10.1. The molecule has 1 rings (SSSR count). The van der Waals surface area contributed by atoms with Crippen LogP contribution >= 0.6 is 0 Å². The lowest BCUT2D eigenvalue weighted by molar-refractivity contribution is -0.143. The highest BCUT2D eigenvalue weighted by Crippen LogP contribution is 2.45. The van der Waals surface area contributed by atoms with Gasteiger partial charge >= 0.3 is 5.97 Å². The molecule has 0 atom stereocenters. The molecule has 0 aromatic rings. The van der Waals surface area contributed by atoms with Crippen molar-refractivity contribution in [1.82, 2.24) is 5.32 Å². The number of hydrogen-bond donors (Lipinski definition) is 2. The normalized spacial score (nSPS) is 18.2. The van der Waals surface area contributed by atoms with Crippen LogP contribution < -0.4 is 5.32 Å². The second kappa shape index (κ2) is 3.80. The summed E-state index contributed by atoms with van der Waals surface area (Å²) in [4.78, 5) is 21.8. The second-order valence-electron chi connectivity index (χ2n) is 3.93. The van der Waals surface area contributed by atoms with Gasteiger partial charge in [0.15, 0.2) is 9.84 Å². The third-order valence-corrected chi connectivity index (χ3v) is 3.11. The first-order valence-electron chi connectivity index (χ1n) is 4.43. The highest BCUT2D eigenvalue weighted by atomic mass is 32.2. The summed E-state index contributed by atoms with van der Waals surface area (Å²) >= 11 is 0. The maximum Gasteiger partial charge on any atom is 0.311 e. The van der Waals surface area contributed by atoms with Gasteiger partial charge in [-0.1, -0.05) is 0 Å². The van der Waals surface area contributed by atoms with Crippen molar-refractivity contribution in [2.24, 2.45) is 5.41 Å². The van der Waals surface area contributed by atoms with E-state index in [9.17, 15) is 18.0 Å². The average molecular weight is 235 g/mol. The van der Waals surface area contributed by atoms with E-state index >= 15 is 0 Å². The Morgan fingerprint density at radius 3 is 2.27 bits per heavy atom. The van der Waals surface area contributed by atoms with Gasteiger partial charge < -0.3 is 10.4 Å². The first-order chi connectivity index (χ1) is 6.75. The minimum Gasteiger partial charge on any atom is -0.481 e. The Balaban J connectivity index is 2.39. The molecule has 0 saturated heterocycles. The first kappa shape index (κ1) is 12.0. The van der Waals surface area contributed by atoms with Gasteiger partial charge in [0.25, 0.3) is 0 Å². The van der Waals surface area contributed by atoms with Crippen molar-refractivity contribution in [3.05, 3.63) is 0 Å². The zero-order valence-corrected chi connectivity index (χ0v) is 9.13. The molecule has 0 bridgehead atoms. The van der Waals surface area contributed by atoms with Crippen LogP contribution in [0, 0.1) is 5.41 Å². The van der Waals surface area contributed by atoms with Crippen molar-refractivity contribution >= 4 is 21.7 Å². The fourth-order valence-electron chi connectivity index (χ4n) is 1.17. The maximum absolute atomic E-state index is 11.1. The van der Waals surface area contributed by atoms with Crippen LogP contribution in [0.5, 0.6) is 0 Å². The molecule has 0 spiro atoms. The van der Waals surface area contributed by atoms with Crippen molar-refractivity contribution in [3.63, 3.8) is 0 Å². The number of carbonyl (C=O) groups is 2. The molecule has 15 heavy (non-hydrogen) atoms. The quantitative estimate of drug-likeness (QED) is 0.637. The fraction of sp³-hybridized carbons (Fsp3) is 0.750. The number of nitrogens with one attached hydrogen (secondary N) is 1. The van der Waals surface area contributed by atoms with Gasteiger partial charge in [-0.05, 0) is 12.8 Å². The summed E-state index contributed by atoms with van der Waals surface area (Å²) in [6.07, 6.45) is 2.01. The van der Waals surface area contributed by atoms with Gasteiger partial charge in [-0.2, -0.15) is 0 Å². The average Bonchev–Trinajstić information content (AvgIpc) is 2.77. The number of carboxylic acids is 1. The van der Waals surface area contributed by atoms with Crippen LogP contribution in [0.4, 0.5) is 0 Å². The molecule has 1 aliphatic carbocycles. The van der Waals surface area contributed by atoms with Crippen molar-refractivity contribution in [2.75, 3.05) is 18.6 Å². The summed E-state index contributed by atoms with van der Waals surface area (Å²) in [6.45, 7) is 0.0106. The minimum absolute atomic E-state index is 0.0106. The lowest BCUT2D eigenvalue weighted by Gasteiger charge is -2.10. The number of carbonyl (C=O) groups excluding carboxylic acids is 1. The van der Waals surface area contributed by atoms with Gasteiger partial charge in [0.2, 0.25) is 5.91 Å². The number of sulfone groups is 1. The third-order valence-electron chi connectivity index (χ3n) is 2.32. The molecular weight excluding hydrogens is 222 g/mol. The molecule has 0 unspecified atom stereocenters. The molecule has 1 fully saturated rings. The Morgan fingerprint density at radius 2 is 1.93 bits per heavy atom. The first-order valence-corrected chi connectivity index (χ1v) is 6.49. The maximum atomic E-state index is 11.1. The third kappa shape index (κ3) is 3.50. The molecule has 0 aliphatic heterocycles. The van der Waals surface area contributed by atoms with E-state index in [4.69, 9.17) is 5.11 Å². The lowest BCUT2D eigenvalue weighted by Crippen LogP contribution is -2.37. The number of amides is 1. The van der Waals surface area contributed by atoms with Gasteiger partial charge in [0, 0.05) is 12.8 Å². The molecule has 2 N–H and O–H groups in total. The standard InChI is InChI=1S/C8H13NO5S/c1-15(13,14)4-6(10)9-5-8(2-3-8)7(11)12/h2-5H2,1H3,(H,9,10)(H,11,12). The van der Waals surface area contributed by atoms with Crippen molar-refractivity contribution in [2.45, 2.75) is 12.8 Å². The summed E-state index contributed by atoms with van der Waals surface area (Å²) in [6, 6.07) is 0. The predicted molar refractivity (Wildman–Crippen MR) is 52.0 cm³/mol. The molecule has 1 saturated carbocycles. The van der Waals surface area contributed by atoms with Gasteiger partial charge in [-0.15, -0.1) is 0 Å². The molecular formula is C8H13NO5S. The Hall–Kier alpha value is -1.11. The number of aliphatic carboxylic acids is 1. The monoisotopic (exact) mass is 235 g/mol. The number of rotatable bonds is 5. The van der Waals surface area contributed by atoms with Crippen molar-refractivity contribution < 1.29 is 23.1 Å². The van der Waals surface area contributed by atoms with Gasteiger partial charge in [-0.25, -0.2) is 8.42 Å². The second-order valence-corrected chi connectivity index (χ2v) is 6.07. The van der Waals surface area contributed by atoms with Crippen LogP contribution in [0.15, 0.2) is 0 Å². The molecule has 1 amide bonds. The molecule has 0 aromatic carbocycles. The summed E-state index contributed by atoms with van der Waals surface area (Å²) in [5, 5.41) is 11.1. The van der Waals surface area contributed by atoms with E-state index in [0.717, 1.165) is 6.26 Å². The Labute approximate surface area is 87.6 Å². The summed E-state index contributed by atoms with van der Waals surface area (Å²) in [5.74, 6) is -2.19. The topological polar surface area (TPSA) is 101 Å². The molecule has 1 aliphatic rings. The smallest absolute Gasteiger partial charge is 0.311 e. The van der Waals surface area contributed by atoms with E-state index in [1.54, 1.807) is 0 Å². The van der Waals surface area contributed by atoms with E-state index in [0.29, 0.717) is 12.8 Å². The summed E-state index contributed by atoms with van der Waals surface area (Å²) in [7, 11) is -3.35. The highest BCUT2D eigenvalue weighted by Gasteiger charge is 2.50. The summed E-state index contributed by atoms with van der Waals surface area (Å²) in [5.41, 5.74) is -0.854. The van der Waals surface area contributed by atoms with Crippen LogP contribution in [-0.2, 0) is 19.4 Å². The fourth-order valence-corrected chi connectivity index (χ4v) is 1.75. The zero-order valence-electron chi connectivity index (χ0n) is 8.32. The predicted octanol–water partition coefficient (Wildman–Crippen LogP) is -0.988. The van der Waals surface area contributed by atoms with Gasteiger partial charge in [0.05, 0.1) is 5.41 Å². The zero-order chi connectivity index (χ0) is 11.7. The Morgan fingerprint density at radius 1 is 1.40 bits per heavy atom. The molecule has 7 heteroatoms. The van der Waals surface area contributed by atoms with Crippen molar-refractivity contribution in [1.29, 1.82) is 0 Å². The molecule has 0 heterocycles. The van der Waals surface area contributed by atoms with E-state index in [1.165, 1.54) is 0 Å². The van der Waals surface area contributed by atoms with E-state index in [1.807, 2.05) is 0 Å². The Bertz CT molecular complexity index is 382. The van der Waals surface area contributed by atoms with Crippen molar-refractivity contribution in [3.8, 4) is 0 Å². The van der Waals surface area contributed by atoms with Crippen LogP contribution in [-0.4, -0.2) is 44.0 Å². The van der Waals surface area contributed by atoms with Crippen LogP contribution in [0.1, 0.15) is 12.8 Å². The molecule has 0 aromatic heterocycles. The number of carboxylic acid groups (broad SMARTS) is 1. The van der Waals surface area contributed by atoms with Crippen LogP contribution in [0.25, 0.3) is 0 Å². The van der Waals surface area contributed by atoms with E-state index in [2.05, 4.69) is 5.32 Å². The van der Waals surface area contributed by atoms with Crippen LogP contribution in [0.2, 0.25) is 0 Å². The molecule has 6 nitrogen and oxygen atoms in total. The summed E-state index contributed by atoms with van der Waals surface area (Å²) < 4.78 is 21.5. The molecule has 86 valence electrons. The Kier molecular flexibility index (Phi) is 3.03. The highest BCUT2D eigenvalue weighted by molar-refractivity contribution is 7.91. The van der Waals surface area contributed by atoms with E-state index < -0.39 is 32.9 Å². The van der Waals surface area contributed by atoms with Crippen LogP contribution in [0.3, 0.4) is 0 Å². The van der Waals surface area contributed by atoms with Gasteiger partial charge in [-0.3, -0.25) is 9.59 Å². The van der Waals surface area contributed by atoms with E-state index in [-0.39, 0.29) is 6.54 Å². The molecule has 0 radical (unpaired) electrons. The minimum atomic E-state index is -3.35. The SMILES string of the molecule is CS(=O)(=O)CC(=O)NCC1(C(=O)O)CC1. The largest absolute Gasteiger partial charge is 0.481 e.